The minimum absolute atomic E-state index is 0.141. The molecule has 3 heteroatoms. The molecule has 0 radical (unpaired) electrons. The second-order valence-corrected chi connectivity index (χ2v) is 5.70. The van der Waals surface area contributed by atoms with Gasteiger partial charge < -0.3 is 5.73 Å². The molecular weight excluding hydrogens is 252 g/mol. The van der Waals surface area contributed by atoms with Crippen LogP contribution in [0.25, 0.3) is 10.1 Å². The molecule has 0 saturated heterocycles. The fourth-order valence-electron chi connectivity index (χ4n) is 2.37. The first kappa shape index (κ1) is 12.3. The van der Waals surface area contributed by atoms with Gasteiger partial charge in [0.2, 0.25) is 0 Å². The molecule has 0 aliphatic carbocycles. The van der Waals surface area contributed by atoms with Crippen LogP contribution in [0.15, 0.2) is 54.2 Å². The van der Waals surface area contributed by atoms with Crippen LogP contribution in [0.5, 0.6) is 0 Å². The van der Waals surface area contributed by atoms with Crippen molar-refractivity contribution in [3.05, 3.63) is 65.3 Å². The molecule has 2 heterocycles. The number of aromatic nitrogens is 1. The monoisotopic (exact) mass is 268 g/mol. The molecule has 0 aliphatic rings. The highest BCUT2D eigenvalue weighted by atomic mass is 32.1. The Morgan fingerprint density at radius 1 is 1.11 bits per heavy atom. The molecule has 1 aromatic carbocycles. The van der Waals surface area contributed by atoms with E-state index < -0.39 is 0 Å². The average molecular weight is 268 g/mol. The lowest BCUT2D eigenvalue weighted by atomic mass is 10.0. The summed E-state index contributed by atoms with van der Waals surface area (Å²) in [6.07, 6.45) is 5.48. The fraction of sp³-hybridized carbons (Fsp3) is 0.188. The van der Waals surface area contributed by atoms with Crippen LogP contribution in [0, 0.1) is 0 Å². The van der Waals surface area contributed by atoms with Gasteiger partial charge in [0.15, 0.2) is 0 Å². The summed E-state index contributed by atoms with van der Waals surface area (Å²) < 4.78 is 1.34. The first-order valence-electron chi connectivity index (χ1n) is 6.42. The Labute approximate surface area is 116 Å². The molecule has 2 aromatic heterocycles. The first-order chi connectivity index (χ1) is 9.33. The van der Waals surface area contributed by atoms with E-state index in [1.54, 1.807) is 17.5 Å². The zero-order valence-corrected chi connectivity index (χ0v) is 11.4. The lowest BCUT2D eigenvalue weighted by Crippen LogP contribution is -2.25. The topological polar surface area (TPSA) is 38.9 Å². The Kier molecular flexibility index (Phi) is 3.58. The van der Waals surface area contributed by atoms with Crippen LogP contribution in [0.3, 0.4) is 0 Å². The number of thiophene rings is 1. The van der Waals surface area contributed by atoms with Crippen molar-refractivity contribution < 1.29 is 0 Å². The van der Waals surface area contributed by atoms with E-state index in [-0.39, 0.29) is 6.04 Å². The number of pyridine rings is 1. The third kappa shape index (κ3) is 2.83. The van der Waals surface area contributed by atoms with Gasteiger partial charge in [0.1, 0.15) is 0 Å². The molecular formula is C16H16N2S. The maximum Gasteiger partial charge on any atom is 0.0345 e. The minimum Gasteiger partial charge on any atom is -0.327 e. The standard InChI is InChI=1S/C16H16N2S/c17-14(8-12-4-3-7-18-10-12)9-13-11-19-16-6-2-1-5-15(13)16/h1-7,10-11,14H,8-9,17H2. The summed E-state index contributed by atoms with van der Waals surface area (Å²) in [5.41, 5.74) is 8.83. The van der Waals surface area contributed by atoms with Gasteiger partial charge in [-0.2, -0.15) is 0 Å². The van der Waals surface area contributed by atoms with Crippen LogP contribution in [0.1, 0.15) is 11.1 Å². The highest BCUT2D eigenvalue weighted by molar-refractivity contribution is 7.17. The van der Waals surface area contributed by atoms with E-state index in [1.807, 2.05) is 12.3 Å². The van der Waals surface area contributed by atoms with Gasteiger partial charge in [-0.1, -0.05) is 24.3 Å². The second kappa shape index (κ2) is 5.51. The van der Waals surface area contributed by atoms with Gasteiger partial charge in [0, 0.05) is 23.1 Å². The normalized spacial score (nSPS) is 12.7. The zero-order valence-electron chi connectivity index (χ0n) is 10.6. The van der Waals surface area contributed by atoms with E-state index in [1.165, 1.54) is 21.2 Å². The van der Waals surface area contributed by atoms with Gasteiger partial charge in [-0.05, 0) is 46.9 Å². The number of hydrogen-bond acceptors (Lipinski definition) is 3. The van der Waals surface area contributed by atoms with E-state index in [0.717, 1.165) is 12.8 Å². The lowest BCUT2D eigenvalue weighted by Gasteiger charge is -2.10. The molecule has 0 aliphatic heterocycles. The Balaban J connectivity index is 1.74. The van der Waals surface area contributed by atoms with Crippen molar-refractivity contribution in [1.82, 2.24) is 4.98 Å². The minimum atomic E-state index is 0.141. The van der Waals surface area contributed by atoms with E-state index in [0.29, 0.717) is 0 Å². The first-order valence-corrected chi connectivity index (χ1v) is 7.30. The Bertz CT molecular complexity index is 661. The van der Waals surface area contributed by atoms with Crippen molar-refractivity contribution in [2.24, 2.45) is 5.73 Å². The second-order valence-electron chi connectivity index (χ2n) is 4.79. The van der Waals surface area contributed by atoms with E-state index in [2.05, 4.69) is 40.7 Å². The predicted octanol–water partition coefficient (Wildman–Crippen LogP) is 3.41. The van der Waals surface area contributed by atoms with Gasteiger partial charge >= 0.3 is 0 Å². The van der Waals surface area contributed by atoms with Crippen LogP contribution in [0.2, 0.25) is 0 Å². The van der Waals surface area contributed by atoms with Crippen LogP contribution in [0.4, 0.5) is 0 Å². The predicted molar refractivity (Wildman–Crippen MR) is 81.4 cm³/mol. The number of nitrogens with zero attached hydrogens (tertiary/aromatic N) is 1. The lowest BCUT2D eigenvalue weighted by molar-refractivity contribution is 0.667. The molecule has 0 fully saturated rings. The molecule has 3 rings (SSSR count). The molecule has 0 bridgehead atoms. The van der Waals surface area contributed by atoms with Gasteiger partial charge in [-0.15, -0.1) is 11.3 Å². The molecule has 0 saturated carbocycles. The zero-order chi connectivity index (χ0) is 13.1. The fourth-order valence-corrected chi connectivity index (χ4v) is 3.34. The van der Waals surface area contributed by atoms with Crippen molar-refractivity contribution in [3.63, 3.8) is 0 Å². The Morgan fingerprint density at radius 3 is 2.84 bits per heavy atom. The van der Waals surface area contributed by atoms with Crippen LogP contribution < -0.4 is 5.73 Å². The Hall–Kier alpha value is -1.71. The van der Waals surface area contributed by atoms with Crippen molar-refractivity contribution in [2.75, 3.05) is 0 Å². The largest absolute Gasteiger partial charge is 0.327 e. The molecule has 0 amide bonds. The summed E-state index contributed by atoms with van der Waals surface area (Å²) in [5.74, 6) is 0. The van der Waals surface area contributed by atoms with E-state index in [9.17, 15) is 0 Å². The smallest absolute Gasteiger partial charge is 0.0345 e. The van der Waals surface area contributed by atoms with Crippen LogP contribution in [-0.4, -0.2) is 11.0 Å². The molecule has 1 unspecified atom stereocenters. The maximum atomic E-state index is 6.26. The summed E-state index contributed by atoms with van der Waals surface area (Å²) in [6, 6.07) is 12.7. The van der Waals surface area contributed by atoms with Crippen LogP contribution >= 0.6 is 11.3 Å². The molecule has 2 nitrogen and oxygen atoms in total. The third-order valence-corrected chi connectivity index (χ3v) is 4.28. The highest BCUT2D eigenvalue weighted by Crippen LogP contribution is 2.26. The highest BCUT2D eigenvalue weighted by Gasteiger charge is 2.09. The maximum absolute atomic E-state index is 6.26. The van der Waals surface area contributed by atoms with Gasteiger partial charge in [-0.3, -0.25) is 4.98 Å². The number of benzene rings is 1. The van der Waals surface area contributed by atoms with E-state index >= 15 is 0 Å². The van der Waals surface area contributed by atoms with Crippen molar-refractivity contribution in [1.29, 1.82) is 0 Å². The van der Waals surface area contributed by atoms with Crippen LogP contribution in [-0.2, 0) is 12.8 Å². The summed E-state index contributed by atoms with van der Waals surface area (Å²) in [4.78, 5) is 4.13. The van der Waals surface area contributed by atoms with Crippen molar-refractivity contribution >= 4 is 21.4 Å². The molecule has 96 valence electrons. The SMILES string of the molecule is NC(Cc1cccnc1)Cc1csc2ccccc12. The summed E-state index contributed by atoms with van der Waals surface area (Å²) in [7, 11) is 0. The summed E-state index contributed by atoms with van der Waals surface area (Å²) in [5, 5.41) is 3.57. The van der Waals surface area contributed by atoms with Gasteiger partial charge in [-0.25, -0.2) is 0 Å². The summed E-state index contributed by atoms with van der Waals surface area (Å²) >= 11 is 1.79. The van der Waals surface area contributed by atoms with Crippen molar-refractivity contribution in [3.8, 4) is 0 Å². The van der Waals surface area contributed by atoms with E-state index in [4.69, 9.17) is 5.73 Å². The molecule has 3 aromatic rings. The third-order valence-electron chi connectivity index (χ3n) is 3.26. The number of nitrogens with two attached hydrogens (primary N) is 1. The molecule has 2 N–H and O–H groups in total. The Morgan fingerprint density at radius 2 is 2.00 bits per heavy atom. The summed E-state index contributed by atoms with van der Waals surface area (Å²) in [6.45, 7) is 0. The van der Waals surface area contributed by atoms with Gasteiger partial charge in [0.05, 0.1) is 0 Å². The number of fused-ring (bicyclic) bond motifs is 1. The van der Waals surface area contributed by atoms with Crippen molar-refractivity contribution in [2.45, 2.75) is 18.9 Å². The number of rotatable bonds is 4. The molecule has 19 heavy (non-hydrogen) atoms. The quantitative estimate of drug-likeness (QED) is 0.787. The average Bonchev–Trinajstić information content (AvgIpc) is 2.83. The number of hydrogen-bond donors (Lipinski definition) is 1. The molecule has 0 spiro atoms. The molecule has 1 atom stereocenters. The van der Waals surface area contributed by atoms with Gasteiger partial charge in [0.25, 0.3) is 0 Å².